The second-order valence-electron chi connectivity index (χ2n) is 6.03. The maximum Gasteiger partial charge on any atom is 0.326 e. The third kappa shape index (κ3) is 6.21. The van der Waals surface area contributed by atoms with Gasteiger partial charge in [-0.25, -0.2) is 4.79 Å². The van der Waals surface area contributed by atoms with Crippen molar-refractivity contribution in [3.8, 4) is 0 Å². The van der Waals surface area contributed by atoms with E-state index in [4.69, 9.17) is 5.11 Å². The molecule has 0 aromatic heterocycles. The highest BCUT2D eigenvalue weighted by Crippen LogP contribution is 2.17. The summed E-state index contributed by atoms with van der Waals surface area (Å²) in [5.74, 6) is -2.37. The van der Waals surface area contributed by atoms with Crippen molar-refractivity contribution in [2.75, 3.05) is 6.54 Å². The molecule has 0 aliphatic rings. The van der Waals surface area contributed by atoms with Gasteiger partial charge in [-0.3, -0.25) is 19.7 Å². The molecule has 1 aromatic carbocycles. The monoisotopic (exact) mass is 351 g/mol. The van der Waals surface area contributed by atoms with Crippen LogP contribution in [0.15, 0.2) is 18.2 Å². The predicted molar refractivity (Wildman–Crippen MR) is 89.2 cm³/mol. The molecular formula is C16H21N3O6. The highest BCUT2D eigenvalue weighted by atomic mass is 16.6. The van der Waals surface area contributed by atoms with Crippen LogP contribution in [0.1, 0.15) is 36.2 Å². The molecule has 0 fully saturated rings. The van der Waals surface area contributed by atoms with Crippen molar-refractivity contribution in [1.82, 2.24) is 10.6 Å². The number of hydrogen-bond acceptors (Lipinski definition) is 5. The molecule has 1 rings (SSSR count). The Hall–Kier alpha value is -2.97. The Kier molecular flexibility index (Phi) is 7.04. The van der Waals surface area contributed by atoms with Crippen molar-refractivity contribution in [2.45, 2.75) is 33.2 Å². The maximum absolute atomic E-state index is 12.1. The van der Waals surface area contributed by atoms with Gasteiger partial charge in [-0.1, -0.05) is 19.9 Å². The van der Waals surface area contributed by atoms with Crippen molar-refractivity contribution in [3.63, 3.8) is 0 Å². The summed E-state index contributed by atoms with van der Waals surface area (Å²) in [6.45, 7) is 4.84. The zero-order valence-corrected chi connectivity index (χ0v) is 14.2. The summed E-state index contributed by atoms with van der Waals surface area (Å²) in [6, 6.07) is 2.81. The lowest BCUT2D eigenvalue weighted by Gasteiger charge is -2.16. The van der Waals surface area contributed by atoms with Gasteiger partial charge >= 0.3 is 5.97 Å². The standard InChI is InChI=1S/C16H21N3O6/c1-9(2)6-13(16(22)23)18-14(20)8-17-15(21)12-7-11(19(24)25)5-4-10(12)3/h4-5,7,9,13H,6,8H2,1-3H3,(H,17,21)(H,18,20)(H,22,23)/t13-/m0/s1. The summed E-state index contributed by atoms with van der Waals surface area (Å²) in [7, 11) is 0. The van der Waals surface area contributed by atoms with Crippen LogP contribution in [-0.4, -0.2) is 40.4 Å². The highest BCUT2D eigenvalue weighted by Gasteiger charge is 2.21. The van der Waals surface area contributed by atoms with Gasteiger partial charge in [-0.15, -0.1) is 0 Å². The molecule has 1 atom stereocenters. The van der Waals surface area contributed by atoms with E-state index in [1.54, 1.807) is 6.92 Å². The number of nitrogens with one attached hydrogen (secondary N) is 2. The second kappa shape index (κ2) is 8.76. The third-order valence-electron chi connectivity index (χ3n) is 3.43. The van der Waals surface area contributed by atoms with E-state index in [0.717, 1.165) is 6.07 Å². The molecule has 0 aliphatic carbocycles. The smallest absolute Gasteiger partial charge is 0.326 e. The summed E-state index contributed by atoms with van der Waals surface area (Å²) in [5, 5.41) is 24.5. The average molecular weight is 351 g/mol. The number of rotatable bonds is 8. The van der Waals surface area contributed by atoms with E-state index in [1.807, 2.05) is 13.8 Å². The maximum atomic E-state index is 12.1. The van der Waals surface area contributed by atoms with Crippen LogP contribution in [0.5, 0.6) is 0 Å². The van der Waals surface area contributed by atoms with Crippen LogP contribution in [-0.2, 0) is 9.59 Å². The minimum atomic E-state index is -1.15. The molecule has 0 heterocycles. The first-order chi connectivity index (χ1) is 11.6. The molecule has 0 saturated heterocycles. The van der Waals surface area contributed by atoms with E-state index >= 15 is 0 Å². The lowest BCUT2D eigenvalue weighted by Crippen LogP contribution is -2.46. The molecule has 136 valence electrons. The summed E-state index contributed by atoms with van der Waals surface area (Å²) in [6.07, 6.45) is 0.263. The first-order valence-corrected chi connectivity index (χ1v) is 7.67. The van der Waals surface area contributed by atoms with Crippen molar-refractivity contribution < 1.29 is 24.4 Å². The normalized spacial score (nSPS) is 11.7. The molecule has 0 aliphatic heterocycles. The highest BCUT2D eigenvalue weighted by molar-refractivity contribution is 5.98. The average Bonchev–Trinajstić information content (AvgIpc) is 2.51. The van der Waals surface area contributed by atoms with Crippen LogP contribution in [0, 0.1) is 23.0 Å². The number of nitro benzene ring substituents is 1. The summed E-state index contributed by atoms with van der Waals surface area (Å²) < 4.78 is 0. The van der Waals surface area contributed by atoms with Gasteiger partial charge in [-0.05, 0) is 24.8 Å². The van der Waals surface area contributed by atoms with Gasteiger partial charge in [0.25, 0.3) is 11.6 Å². The van der Waals surface area contributed by atoms with Crippen LogP contribution < -0.4 is 10.6 Å². The Labute approximate surface area is 144 Å². The SMILES string of the molecule is Cc1ccc([N+](=O)[O-])cc1C(=O)NCC(=O)N[C@@H](CC(C)C)C(=O)O. The van der Waals surface area contributed by atoms with Crippen molar-refractivity contribution in [1.29, 1.82) is 0 Å². The minimum absolute atomic E-state index is 0.0727. The van der Waals surface area contributed by atoms with Gasteiger partial charge in [-0.2, -0.15) is 0 Å². The largest absolute Gasteiger partial charge is 0.480 e. The molecule has 2 amide bonds. The molecule has 0 saturated carbocycles. The zero-order valence-electron chi connectivity index (χ0n) is 14.2. The predicted octanol–water partition coefficient (Wildman–Crippen LogP) is 1.25. The molecule has 9 nitrogen and oxygen atoms in total. The number of carbonyl (C=O) groups excluding carboxylic acids is 2. The van der Waals surface area contributed by atoms with Crippen molar-refractivity contribution in [2.24, 2.45) is 5.92 Å². The number of aryl methyl sites for hydroxylation is 1. The van der Waals surface area contributed by atoms with Crippen molar-refractivity contribution in [3.05, 3.63) is 39.4 Å². The number of aliphatic carboxylic acids is 1. The van der Waals surface area contributed by atoms with Crippen LogP contribution in [0.2, 0.25) is 0 Å². The van der Waals surface area contributed by atoms with Gasteiger partial charge < -0.3 is 15.7 Å². The Morgan fingerprint density at radius 2 is 1.92 bits per heavy atom. The van der Waals surface area contributed by atoms with Gasteiger partial charge in [0, 0.05) is 17.7 Å². The Bertz CT molecular complexity index is 686. The van der Waals surface area contributed by atoms with Gasteiger partial charge in [0.2, 0.25) is 5.91 Å². The zero-order chi connectivity index (χ0) is 19.1. The van der Waals surface area contributed by atoms with E-state index < -0.39 is 35.3 Å². The van der Waals surface area contributed by atoms with E-state index in [0.29, 0.717) is 5.56 Å². The number of nitro groups is 1. The Morgan fingerprint density at radius 1 is 1.28 bits per heavy atom. The number of carbonyl (C=O) groups is 3. The van der Waals surface area contributed by atoms with Gasteiger partial charge in [0.05, 0.1) is 11.5 Å². The molecular weight excluding hydrogens is 330 g/mol. The van der Waals surface area contributed by atoms with Gasteiger partial charge in [0.15, 0.2) is 0 Å². The van der Waals surface area contributed by atoms with E-state index in [9.17, 15) is 24.5 Å². The van der Waals surface area contributed by atoms with Crippen LogP contribution in [0.25, 0.3) is 0 Å². The number of carboxylic acid groups (broad SMARTS) is 1. The van der Waals surface area contributed by atoms with E-state index in [-0.39, 0.29) is 23.6 Å². The second-order valence-corrected chi connectivity index (χ2v) is 6.03. The number of benzene rings is 1. The van der Waals surface area contributed by atoms with Crippen LogP contribution in [0.3, 0.4) is 0 Å². The summed E-state index contributed by atoms with van der Waals surface area (Å²) in [5.41, 5.74) is 0.369. The molecule has 25 heavy (non-hydrogen) atoms. The third-order valence-corrected chi connectivity index (χ3v) is 3.43. The number of non-ortho nitro benzene ring substituents is 1. The number of carboxylic acids is 1. The lowest BCUT2D eigenvalue weighted by atomic mass is 10.0. The van der Waals surface area contributed by atoms with E-state index in [2.05, 4.69) is 10.6 Å². The lowest BCUT2D eigenvalue weighted by molar-refractivity contribution is -0.384. The minimum Gasteiger partial charge on any atom is -0.480 e. The molecule has 3 N–H and O–H groups in total. The first-order valence-electron chi connectivity index (χ1n) is 7.67. The fourth-order valence-electron chi connectivity index (χ4n) is 2.16. The number of amides is 2. The molecule has 0 unspecified atom stereocenters. The van der Waals surface area contributed by atoms with E-state index in [1.165, 1.54) is 12.1 Å². The Morgan fingerprint density at radius 3 is 2.44 bits per heavy atom. The quantitative estimate of drug-likeness (QED) is 0.476. The fourth-order valence-corrected chi connectivity index (χ4v) is 2.16. The topological polar surface area (TPSA) is 139 Å². The molecule has 0 spiro atoms. The van der Waals surface area contributed by atoms with Gasteiger partial charge in [0.1, 0.15) is 6.04 Å². The van der Waals surface area contributed by atoms with Crippen LogP contribution in [0.4, 0.5) is 5.69 Å². The number of hydrogen-bond donors (Lipinski definition) is 3. The molecule has 0 bridgehead atoms. The molecule has 0 radical (unpaired) electrons. The fraction of sp³-hybridized carbons (Fsp3) is 0.438. The molecule has 9 heteroatoms. The van der Waals surface area contributed by atoms with Crippen LogP contribution >= 0.6 is 0 Å². The van der Waals surface area contributed by atoms with Crippen molar-refractivity contribution >= 4 is 23.5 Å². The summed E-state index contributed by atoms with van der Waals surface area (Å²) in [4.78, 5) is 45.2. The Balaban J connectivity index is 2.69. The summed E-state index contributed by atoms with van der Waals surface area (Å²) >= 11 is 0. The molecule has 1 aromatic rings. The number of nitrogens with zero attached hydrogens (tertiary/aromatic N) is 1. The first kappa shape index (κ1) is 20.1.